The molecule has 0 amide bonds. The van der Waals surface area contributed by atoms with Gasteiger partial charge in [0.05, 0.1) is 6.10 Å². The fourth-order valence-corrected chi connectivity index (χ4v) is 3.05. The van der Waals surface area contributed by atoms with Gasteiger partial charge in [-0.05, 0) is 37.1 Å². The van der Waals surface area contributed by atoms with Crippen LogP contribution in [0.4, 0.5) is 5.69 Å². The Bertz CT molecular complexity index is 321. The van der Waals surface area contributed by atoms with Crippen molar-refractivity contribution in [3.05, 3.63) is 16.3 Å². The highest BCUT2D eigenvalue weighted by Gasteiger charge is 2.22. The van der Waals surface area contributed by atoms with E-state index < -0.39 is 0 Å². The summed E-state index contributed by atoms with van der Waals surface area (Å²) >= 11 is 1.77. The van der Waals surface area contributed by atoms with Crippen molar-refractivity contribution in [2.75, 3.05) is 11.9 Å². The third-order valence-electron chi connectivity index (χ3n) is 3.19. The topological polar surface area (TPSA) is 21.3 Å². The van der Waals surface area contributed by atoms with Gasteiger partial charge >= 0.3 is 0 Å². The van der Waals surface area contributed by atoms with Crippen LogP contribution in [0.25, 0.3) is 0 Å². The third-order valence-corrected chi connectivity index (χ3v) is 4.05. The first-order chi connectivity index (χ1) is 7.79. The summed E-state index contributed by atoms with van der Waals surface area (Å²) < 4.78 is 5.76. The number of nitrogens with one attached hydrogen (secondary N) is 1. The molecule has 1 N–H and O–H groups in total. The number of anilines is 1. The molecule has 0 spiro atoms. The molecule has 1 aromatic rings. The maximum Gasteiger partial charge on any atom is 0.0594 e. The van der Waals surface area contributed by atoms with E-state index in [9.17, 15) is 0 Å². The summed E-state index contributed by atoms with van der Waals surface area (Å²) in [6, 6.07) is 0.596. The molecule has 0 aliphatic carbocycles. The minimum atomic E-state index is 0.468. The van der Waals surface area contributed by atoms with Crippen LogP contribution in [0.1, 0.15) is 38.2 Å². The Morgan fingerprint density at radius 1 is 1.50 bits per heavy atom. The van der Waals surface area contributed by atoms with Gasteiger partial charge in [0.2, 0.25) is 0 Å². The minimum Gasteiger partial charge on any atom is -0.381 e. The second-order valence-electron chi connectivity index (χ2n) is 4.62. The molecule has 0 radical (unpaired) electrons. The highest BCUT2D eigenvalue weighted by Crippen LogP contribution is 2.25. The molecule has 1 aromatic heterocycles. The zero-order valence-electron chi connectivity index (χ0n) is 10.2. The van der Waals surface area contributed by atoms with Crippen molar-refractivity contribution in [3.63, 3.8) is 0 Å². The average molecular weight is 239 g/mol. The van der Waals surface area contributed by atoms with Crippen LogP contribution in [-0.2, 0) is 4.74 Å². The van der Waals surface area contributed by atoms with Crippen LogP contribution in [0.5, 0.6) is 0 Å². The lowest BCUT2D eigenvalue weighted by atomic mass is 10.00. The molecule has 1 aliphatic heterocycles. The average Bonchev–Trinajstić information content (AvgIpc) is 2.66. The van der Waals surface area contributed by atoms with Crippen molar-refractivity contribution in [2.45, 2.75) is 51.7 Å². The lowest BCUT2D eigenvalue weighted by Gasteiger charge is -2.30. The summed E-state index contributed by atoms with van der Waals surface area (Å²) in [6.07, 6.45) is 5.17. The molecule has 0 aromatic carbocycles. The van der Waals surface area contributed by atoms with E-state index in [1.54, 1.807) is 11.3 Å². The van der Waals surface area contributed by atoms with Gasteiger partial charge < -0.3 is 10.1 Å². The quantitative estimate of drug-likeness (QED) is 0.862. The molecule has 2 atom stereocenters. The lowest BCUT2D eigenvalue weighted by molar-refractivity contribution is 0.00597. The monoisotopic (exact) mass is 239 g/mol. The summed E-state index contributed by atoms with van der Waals surface area (Å²) in [5.74, 6) is 0. The van der Waals surface area contributed by atoms with Crippen molar-refractivity contribution in [3.8, 4) is 0 Å². The van der Waals surface area contributed by atoms with Gasteiger partial charge in [-0.2, -0.15) is 0 Å². The van der Waals surface area contributed by atoms with E-state index in [4.69, 9.17) is 4.74 Å². The van der Waals surface area contributed by atoms with Crippen LogP contribution >= 0.6 is 11.3 Å². The molecule has 1 fully saturated rings. The molecule has 1 saturated heterocycles. The predicted octanol–water partition coefficient (Wildman–Crippen LogP) is 3.82. The van der Waals surface area contributed by atoms with Gasteiger partial charge in [-0.15, -0.1) is 11.3 Å². The third kappa shape index (κ3) is 2.98. The summed E-state index contributed by atoms with van der Waals surface area (Å²) in [5, 5.41) is 8.06. The Labute approximate surface area is 102 Å². The first-order valence-corrected chi connectivity index (χ1v) is 7.14. The zero-order valence-corrected chi connectivity index (χ0v) is 11.0. The summed E-state index contributed by atoms with van der Waals surface area (Å²) in [7, 11) is 0. The predicted molar refractivity (Wildman–Crippen MR) is 70.3 cm³/mol. The van der Waals surface area contributed by atoms with Crippen LogP contribution in [0, 0.1) is 6.92 Å². The van der Waals surface area contributed by atoms with Crippen LogP contribution in [0.3, 0.4) is 0 Å². The number of hydrogen-bond acceptors (Lipinski definition) is 3. The summed E-state index contributed by atoms with van der Waals surface area (Å²) in [6.45, 7) is 5.30. The number of ether oxygens (including phenoxy) is 1. The van der Waals surface area contributed by atoms with Gasteiger partial charge in [-0.25, -0.2) is 0 Å². The molecular weight excluding hydrogens is 218 g/mol. The Balaban J connectivity index is 1.88. The number of hydrogen-bond donors (Lipinski definition) is 1. The zero-order chi connectivity index (χ0) is 11.4. The van der Waals surface area contributed by atoms with Crippen LogP contribution in [0.2, 0.25) is 0 Å². The summed E-state index contributed by atoms with van der Waals surface area (Å²) in [4.78, 5) is 0. The second-order valence-corrected chi connectivity index (χ2v) is 5.36. The molecule has 2 heterocycles. The molecular formula is C13H21NOS. The van der Waals surface area contributed by atoms with Crippen molar-refractivity contribution >= 4 is 17.0 Å². The molecule has 2 unspecified atom stereocenters. The molecule has 3 heteroatoms. The van der Waals surface area contributed by atoms with Crippen LogP contribution in [-0.4, -0.2) is 18.8 Å². The first-order valence-electron chi connectivity index (χ1n) is 6.20. The fourth-order valence-electron chi connectivity index (χ4n) is 2.26. The van der Waals surface area contributed by atoms with E-state index in [2.05, 4.69) is 29.9 Å². The van der Waals surface area contributed by atoms with Crippen LogP contribution < -0.4 is 5.32 Å². The lowest BCUT2D eigenvalue weighted by Crippen LogP contribution is -2.34. The molecule has 0 bridgehead atoms. The van der Waals surface area contributed by atoms with E-state index in [1.165, 1.54) is 24.1 Å². The Hall–Kier alpha value is -0.540. The number of rotatable bonds is 4. The highest BCUT2D eigenvalue weighted by atomic mass is 32.1. The molecule has 2 rings (SSSR count). The highest BCUT2D eigenvalue weighted by molar-refractivity contribution is 7.08. The maximum atomic E-state index is 5.76. The Morgan fingerprint density at radius 2 is 2.38 bits per heavy atom. The Morgan fingerprint density at radius 3 is 3.06 bits per heavy atom. The summed E-state index contributed by atoms with van der Waals surface area (Å²) in [5.41, 5.74) is 2.68. The molecule has 90 valence electrons. The standard InChI is InChI=1S/C13H21NOS/c1-3-4-12-7-11(5-6-15-12)14-13-9-16-8-10(13)2/h8-9,11-12,14H,3-7H2,1-2H3. The van der Waals surface area contributed by atoms with Crippen molar-refractivity contribution in [1.82, 2.24) is 0 Å². The first kappa shape index (κ1) is 11.9. The van der Waals surface area contributed by atoms with Gasteiger partial charge in [0, 0.05) is 23.7 Å². The van der Waals surface area contributed by atoms with E-state index in [0.29, 0.717) is 12.1 Å². The molecule has 1 aliphatic rings. The fraction of sp³-hybridized carbons (Fsp3) is 0.692. The number of aryl methyl sites for hydroxylation is 1. The maximum absolute atomic E-state index is 5.76. The smallest absolute Gasteiger partial charge is 0.0594 e. The van der Waals surface area contributed by atoms with Gasteiger partial charge in [-0.3, -0.25) is 0 Å². The van der Waals surface area contributed by atoms with Gasteiger partial charge in [0.15, 0.2) is 0 Å². The largest absolute Gasteiger partial charge is 0.381 e. The van der Waals surface area contributed by atoms with E-state index in [0.717, 1.165) is 19.4 Å². The second kappa shape index (κ2) is 5.69. The van der Waals surface area contributed by atoms with Gasteiger partial charge in [-0.1, -0.05) is 13.3 Å². The number of thiophene rings is 1. The van der Waals surface area contributed by atoms with Gasteiger partial charge in [0.25, 0.3) is 0 Å². The van der Waals surface area contributed by atoms with Crippen LogP contribution in [0.15, 0.2) is 10.8 Å². The molecule has 16 heavy (non-hydrogen) atoms. The molecule has 2 nitrogen and oxygen atoms in total. The Kier molecular flexibility index (Phi) is 4.24. The van der Waals surface area contributed by atoms with E-state index >= 15 is 0 Å². The van der Waals surface area contributed by atoms with Crippen molar-refractivity contribution in [2.24, 2.45) is 0 Å². The van der Waals surface area contributed by atoms with Crippen molar-refractivity contribution < 1.29 is 4.74 Å². The van der Waals surface area contributed by atoms with Crippen molar-refractivity contribution in [1.29, 1.82) is 0 Å². The normalized spacial score (nSPS) is 25.6. The van der Waals surface area contributed by atoms with E-state index in [-0.39, 0.29) is 0 Å². The van der Waals surface area contributed by atoms with Gasteiger partial charge in [0.1, 0.15) is 0 Å². The van der Waals surface area contributed by atoms with E-state index in [1.807, 2.05) is 0 Å². The molecule has 0 saturated carbocycles. The minimum absolute atomic E-state index is 0.468. The SMILES string of the molecule is CCCC1CC(Nc2cscc2C)CCO1.